The Morgan fingerprint density at radius 2 is 0.477 bits per heavy atom. The lowest BCUT2D eigenvalue weighted by Crippen LogP contribution is -2.30. The molecule has 4 N–H and O–H groups in total. The van der Waals surface area contributed by atoms with Gasteiger partial charge in [-0.15, -0.1) is 0 Å². The molecule has 0 heterocycles. The first-order valence-electron chi connectivity index (χ1n) is 43.2. The summed E-state index contributed by atoms with van der Waals surface area (Å²) in [6.45, 7) is 2.62. The molecule has 18 heteroatoms. The Kier molecular flexibility index (Phi) is 78.8. The summed E-state index contributed by atoms with van der Waals surface area (Å²) in [6.07, 6.45) is 97.3. The number of ether oxygens (including phenoxy) is 3. The van der Waals surface area contributed by atoms with E-state index in [1.807, 2.05) is 0 Å². The molecule has 0 aromatic rings. The van der Waals surface area contributed by atoms with E-state index in [4.69, 9.17) is 32.3 Å². The topological polar surface area (TPSA) is 231 Å². The predicted molar refractivity (Wildman–Crippen MR) is 445 cm³/mol. The Morgan fingerprint density at radius 3 is 0.776 bits per heavy atom. The molecule has 0 aliphatic heterocycles. The second-order valence-electron chi connectivity index (χ2n) is 29.0. The van der Waals surface area contributed by atoms with Crippen molar-refractivity contribution in [1.82, 2.24) is 0 Å². The number of esters is 3. The van der Waals surface area contributed by atoms with Gasteiger partial charge in [-0.3, -0.25) is 32.5 Å². The molecule has 0 rings (SSSR count). The van der Waals surface area contributed by atoms with E-state index in [1.54, 1.807) is 0 Å². The average molecular weight is 1550 g/mol. The summed E-state index contributed by atoms with van der Waals surface area (Å²) < 4.78 is 61.2. The third-order valence-electron chi connectivity index (χ3n) is 18.4. The normalized spacial score (nSPS) is 14.4. The lowest BCUT2D eigenvalue weighted by Gasteiger charge is -2.21. The summed E-state index contributed by atoms with van der Waals surface area (Å²) in [5.74, 6) is -1.57. The molecule has 5 unspecified atom stereocenters. The van der Waals surface area contributed by atoms with E-state index in [0.29, 0.717) is 19.3 Å². The zero-order valence-electron chi connectivity index (χ0n) is 68.0. The predicted octanol–water partition coefficient (Wildman–Crippen LogP) is 25.9. The van der Waals surface area contributed by atoms with Crippen LogP contribution in [-0.4, -0.2) is 95.9 Å². The standard InChI is InChI=1S/C89H158O16P2/c1-4-7-10-13-16-19-22-24-26-28-30-32-34-36-38-40-41-43-45-46-48-50-52-54-56-58-61-63-66-69-72-75-87(92)99-78-84(90)79-101-106(95,96)102-80-85(91)81-103-107(97,98)104-83-86(105-89(94)77-74-71-68-65-60-21-18-15-12-9-6-3)82-100-88(93)76-73-70-67-64-62-59-57-55-53-51-49-47-44-42-39-37-35-33-31-29-27-25-23-20-17-14-11-8-5-2/h15-20,24-27,30-33,36-39,84-86,90-91H,4-14,21-23,28-29,34-35,40-83H2,1-3H3,(H,95,96)(H,97,98)/b18-15-,19-16-,20-17-,26-24-,27-25-,32-30-,33-31-,38-36-,39-37-. The smallest absolute Gasteiger partial charge is 0.463 e. The van der Waals surface area contributed by atoms with Crippen LogP contribution in [0.4, 0.5) is 0 Å². The van der Waals surface area contributed by atoms with Crippen LogP contribution >= 0.6 is 15.6 Å². The molecule has 0 fully saturated rings. The molecule has 0 spiro atoms. The fourth-order valence-electron chi connectivity index (χ4n) is 11.8. The molecular weight excluding hydrogens is 1390 g/mol. The van der Waals surface area contributed by atoms with Crippen LogP contribution in [-0.2, 0) is 55.8 Å². The number of carbonyl (C=O) groups is 3. The van der Waals surface area contributed by atoms with Crippen molar-refractivity contribution >= 4 is 33.6 Å². The summed E-state index contributed by atoms with van der Waals surface area (Å²) in [6, 6.07) is 0. The van der Waals surface area contributed by atoms with Gasteiger partial charge in [0.15, 0.2) is 6.10 Å². The molecule has 0 aromatic heterocycles. The second kappa shape index (κ2) is 81.7. The van der Waals surface area contributed by atoms with E-state index in [1.165, 1.54) is 199 Å². The molecule has 16 nitrogen and oxygen atoms in total. The van der Waals surface area contributed by atoms with Gasteiger partial charge in [0.1, 0.15) is 25.4 Å². The molecule has 0 saturated heterocycles. The molecule has 0 aliphatic carbocycles. The van der Waals surface area contributed by atoms with Crippen LogP contribution in [0.5, 0.6) is 0 Å². The summed E-state index contributed by atoms with van der Waals surface area (Å²) >= 11 is 0. The third-order valence-corrected chi connectivity index (χ3v) is 20.3. The van der Waals surface area contributed by atoms with Gasteiger partial charge >= 0.3 is 33.6 Å². The maximum Gasteiger partial charge on any atom is 0.472 e. The first-order chi connectivity index (χ1) is 52.2. The van der Waals surface area contributed by atoms with Crippen molar-refractivity contribution in [1.29, 1.82) is 0 Å². The van der Waals surface area contributed by atoms with Crippen molar-refractivity contribution in [3.05, 3.63) is 109 Å². The molecule has 5 atom stereocenters. The quantitative estimate of drug-likeness (QED) is 0.0146. The van der Waals surface area contributed by atoms with Crippen molar-refractivity contribution in [2.24, 2.45) is 0 Å². The van der Waals surface area contributed by atoms with Crippen molar-refractivity contribution in [3.63, 3.8) is 0 Å². The molecular formula is C89H158O16P2. The van der Waals surface area contributed by atoms with E-state index in [0.717, 1.165) is 122 Å². The lowest BCUT2D eigenvalue weighted by molar-refractivity contribution is -0.161. The number of rotatable bonds is 82. The van der Waals surface area contributed by atoms with Crippen LogP contribution in [0.1, 0.15) is 380 Å². The van der Waals surface area contributed by atoms with E-state index in [2.05, 4.69) is 130 Å². The number of carbonyl (C=O) groups excluding carboxylic acids is 3. The number of allylic oxidation sites excluding steroid dienone is 18. The fourth-order valence-corrected chi connectivity index (χ4v) is 13.4. The minimum absolute atomic E-state index is 0.0947. The zero-order chi connectivity index (χ0) is 78.0. The monoisotopic (exact) mass is 1550 g/mol. The maximum absolute atomic E-state index is 12.9. The molecule has 0 amide bonds. The van der Waals surface area contributed by atoms with E-state index in [9.17, 15) is 43.5 Å². The van der Waals surface area contributed by atoms with Crippen LogP contribution in [0.3, 0.4) is 0 Å². The van der Waals surface area contributed by atoms with Gasteiger partial charge in [0.25, 0.3) is 0 Å². The zero-order valence-corrected chi connectivity index (χ0v) is 69.8. The van der Waals surface area contributed by atoms with E-state index in [-0.39, 0.29) is 19.3 Å². The maximum atomic E-state index is 12.9. The average Bonchev–Trinajstić information content (AvgIpc) is 0.943. The summed E-state index contributed by atoms with van der Waals surface area (Å²) in [4.78, 5) is 58.7. The highest BCUT2D eigenvalue weighted by atomic mass is 31.2. The van der Waals surface area contributed by atoms with Gasteiger partial charge in [0, 0.05) is 19.3 Å². The minimum atomic E-state index is -4.93. The number of phosphoric ester groups is 2. The van der Waals surface area contributed by atoms with Crippen molar-refractivity contribution < 1.29 is 75.8 Å². The minimum Gasteiger partial charge on any atom is -0.463 e. The lowest BCUT2D eigenvalue weighted by atomic mass is 10.0. The highest BCUT2D eigenvalue weighted by Gasteiger charge is 2.29. The molecule has 0 aliphatic rings. The third kappa shape index (κ3) is 83.0. The van der Waals surface area contributed by atoms with Crippen molar-refractivity contribution in [2.45, 2.75) is 399 Å². The molecule has 0 saturated carbocycles. The Labute approximate surface area is 653 Å². The summed E-state index contributed by atoms with van der Waals surface area (Å²) in [7, 11) is -9.79. The van der Waals surface area contributed by atoms with Gasteiger partial charge in [-0.2, -0.15) is 0 Å². The molecule has 107 heavy (non-hydrogen) atoms. The van der Waals surface area contributed by atoms with Crippen molar-refractivity contribution in [3.8, 4) is 0 Å². The van der Waals surface area contributed by atoms with Crippen LogP contribution < -0.4 is 0 Å². The number of hydrogen-bond acceptors (Lipinski definition) is 14. The number of aliphatic hydroxyl groups excluding tert-OH is 2. The number of hydrogen-bond donors (Lipinski definition) is 4. The van der Waals surface area contributed by atoms with Crippen LogP contribution in [0.25, 0.3) is 0 Å². The van der Waals surface area contributed by atoms with E-state index >= 15 is 0 Å². The Bertz CT molecular complexity index is 2380. The molecule has 0 bridgehead atoms. The first-order valence-corrected chi connectivity index (χ1v) is 46.2. The number of aliphatic hydroxyl groups is 2. The van der Waals surface area contributed by atoms with Gasteiger partial charge in [-0.1, -0.05) is 342 Å². The van der Waals surface area contributed by atoms with E-state index < -0.39 is 91.5 Å². The Morgan fingerprint density at radius 1 is 0.262 bits per heavy atom. The summed E-state index contributed by atoms with van der Waals surface area (Å²) in [5, 5.41) is 20.7. The Balaban J connectivity index is 4.38. The molecule has 620 valence electrons. The number of phosphoric acid groups is 2. The van der Waals surface area contributed by atoms with Gasteiger partial charge in [-0.25, -0.2) is 9.13 Å². The largest absolute Gasteiger partial charge is 0.472 e. The van der Waals surface area contributed by atoms with Crippen LogP contribution in [0.2, 0.25) is 0 Å². The SMILES string of the molecule is CCCC/C=C\CCCCCCCC(=O)OC(COC(=O)CCCCCCCCCCCCCCC/C=C\C/C=C\C/C=C\C/C=C\CCCCC)COP(=O)(O)OCC(O)COP(=O)(O)OCC(O)COC(=O)CCCCCCCCCCCCCCCCC/C=C\C/C=C\C/C=C\C/C=C\CCCCC. The summed E-state index contributed by atoms with van der Waals surface area (Å²) in [5.41, 5.74) is 0. The van der Waals surface area contributed by atoms with Crippen LogP contribution in [0.15, 0.2) is 109 Å². The molecule has 0 radical (unpaired) electrons. The van der Waals surface area contributed by atoms with Crippen LogP contribution in [0, 0.1) is 0 Å². The second-order valence-corrected chi connectivity index (χ2v) is 31.9. The molecule has 0 aromatic carbocycles. The Hall–Kier alpha value is -3.79. The number of unbranched alkanes of at least 4 members (excludes halogenated alkanes) is 41. The van der Waals surface area contributed by atoms with Gasteiger partial charge in [0.2, 0.25) is 0 Å². The van der Waals surface area contributed by atoms with Crippen molar-refractivity contribution in [2.75, 3.05) is 39.6 Å². The highest BCUT2D eigenvalue weighted by Crippen LogP contribution is 2.45. The van der Waals surface area contributed by atoms with Gasteiger partial charge in [0.05, 0.1) is 26.4 Å². The highest BCUT2D eigenvalue weighted by molar-refractivity contribution is 7.47. The first kappa shape index (κ1) is 103. The fraction of sp³-hybridized carbons (Fsp3) is 0.764. The van der Waals surface area contributed by atoms with Gasteiger partial charge in [-0.05, 0) is 128 Å². The van der Waals surface area contributed by atoms with Gasteiger partial charge < -0.3 is 34.2 Å².